The van der Waals surface area contributed by atoms with Gasteiger partial charge in [-0.1, -0.05) is 13.8 Å². The molecule has 0 aromatic carbocycles. The van der Waals surface area contributed by atoms with Gasteiger partial charge in [0.05, 0.1) is 24.9 Å². The van der Waals surface area contributed by atoms with Gasteiger partial charge in [0.2, 0.25) is 0 Å². The Morgan fingerprint density at radius 3 is 3.00 bits per heavy atom. The van der Waals surface area contributed by atoms with Crippen molar-refractivity contribution >= 4 is 5.91 Å². The van der Waals surface area contributed by atoms with E-state index in [1.165, 1.54) is 0 Å². The zero-order valence-corrected chi connectivity index (χ0v) is 15.2. The van der Waals surface area contributed by atoms with Crippen LogP contribution in [-0.4, -0.2) is 63.9 Å². The van der Waals surface area contributed by atoms with Gasteiger partial charge in [-0.2, -0.15) is 0 Å². The molecule has 3 aliphatic rings. The molecule has 1 saturated carbocycles. The minimum Gasteiger partial charge on any atom is -0.391 e. The van der Waals surface area contributed by atoms with Gasteiger partial charge in [-0.05, 0) is 25.8 Å². The molecule has 4 atom stereocenters. The summed E-state index contributed by atoms with van der Waals surface area (Å²) in [6, 6.07) is 0.289. The number of amides is 1. The highest BCUT2D eigenvalue weighted by Crippen LogP contribution is 2.52. The number of ether oxygens (including phenoxy) is 1. The Morgan fingerprint density at radius 1 is 1.48 bits per heavy atom. The SMILES string of the molecule is CC(C)C1N(C)CC12C[C@@H](O)[C@H](NC(=O)c1cnc3n1CCOC3)C2. The van der Waals surface area contributed by atoms with Gasteiger partial charge >= 0.3 is 0 Å². The Morgan fingerprint density at radius 2 is 2.28 bits per heavy atom. The van der Waals surface area contributed by atoms with Crippen molar-refractivity contribution in [3.8, 4) is 0 Å². The standard InChI is InChI=1S/C18H28N4O3/c1-11(2)16-18(10-21(16)3)6-12(14(23)7-18)20-17(24)13-8-19-15-9-25-5-4-22(13)15/h8,11-12,14,16,23H,4-7,9-10H2,1-3H3,(H,20,24)/t12-,14-,16?,18?/m1/s1. The Labute approximate surface area is 148 Å². The number of nitrogens with one attached hydrogen (secondary N) is 1. The van der Waals surface area contributed by atoms with Gasteiger partial charge in [0, 0.05) is 24.5 Å². The quantitative estimate of drug-likeness (QED) is 0.837. The van der Waals surface area contributed by atoms with E-state index in [0.717, 1.165) is 25.2 Å². The summed E-state index contributed by atoms with van der Waals surface area (Å²) in [5.74, 6) is 1.19. The zero-order valence-electron chi connectivity index (χ0n) is 15.2. The van der Waals surface area contributed by atoms with Crippen LogP contribution in [-0.2, 0) is 17.9 Å². The van der Waals surface area contributed by atoms with Crippen LogP contribution in [0, 0.1) is 11.3 Å². The average molecular weight is 348 g/mol. The van der Waals surface area contributed by atoms with Gasteiger partial charge in [-0.15, -0.1) is 0 Å². The van der Waals surface area contributed by atoms with Crippen molar-refractivity contribution in [2.24, 2.45) is 11.3 Å². The lowest BCUT2D eigenvalue weighted by Gasteiger charge is -2.57. The first-order valence-electron chi connectivity index (χ1n) is 9.22. The summed E-state index contributed by atoms with van der Waals surface area (Å²) in [6.07, 6.45) is 2.75. The largest absolute Gasteiger partial charge is 0.391 e. The van der Waals surface area contributed by atoms with E-state index >= 15 is 0 Å². The summed E-state index contributed by atoms with van der Waals surface area (Å²) in [7, 11) is 2.15. The molecular formula is C18H28N4O3. The maximum atomic E-state index is 12.7. The van der Waals surface area contributed by atoms with E-state index in [1.807, 2.05) is 4.57 Å². The van der Waals surface area contributed by atoms with Gasteiger partial charge in [-0.25, -0.2) is 4.98 Å². The lowest BCUT2D eigenvalue weighted by atomic mass is 9.66. The molecule has 2 aliphatic heterocycles. The van der Waals surface area contributed by atoms with Crippen LogP contribution in [0.4, 0.5) is 0 Å². The number of fused-ring (bicyclic) bond motifs is 1. The first-order valence-corrected chi connectivity index (χ1v) is 9.22. The van der Waals surface area contributed by atoms with Crippen LogP contribution in [0.15, 0.2) is 6.20 Å². The number of carbonyl (C=O) groups is 1. The lowest BCUT2D eigenvalue weighted by molar-refractivity contribution is -0.0827. The summed E-state index contributed by atoms with van der Waals surface area (Å²) in [4.78, 5) is 19.4. The number of carbonyl (C=O) groups excluding carboxylic acids is 1. The fraction of sp³-hybridized carbons (Fsp3) is 0.778. The van der Waals surface area contributed by atoms with Gasteiger partial charge in [0.1, 0.15) is 18.1 Å². The summed E-state index contributed by atoms with van der Waals surface area (Å²) in [5, 5.41) is 13.7. The molecule has 2 N–H and O–H groups in total. The Hall–Kier alpha value is -1.44. The third-order valence-electron chi connectivity index (χ3n) is 6.18. The molecule has 1 aromatic rings. The summed E-state index contributed by atoms with van der Waals surface area (Å²) < 4.78 is 7.29. The highest BCUT2D eigenvalue weighted by molar-refractivity contribution is 5.92. The van der Waals surface area contributed by atoms with Crippen LogP contribution in [0.5, 0.6) is 0 Å². The second-order valence-corrected chi connectivity index (χ2v) is 8.29. The zero-order chi connectivity index (χ0) is 17.8. The van der Waals surface area contributed by atoms with Gasteiger partial charge < -0.3 is 24.6 Å². The Balaban J connectivity index is 1.47. The second-order valence-electron chi connectivity index (χ2n) is 8.29. The smallest absolute Gasteiger partial charge is 0.269 e. The number of hydrogen-bond donors (Lipinski definition) is 2. The maximum absolute atomic E-state index is 12.7. The van der Waals surface area contributed by atoms with Crippen LogP contribution in [0.3, 0.4) is 0 Å². The molecule has 2 unspecified atom stereocenters. The summed E-state index contributed by atoms with van der Waals surface area (Å²) >= 11 is 0. The van der Waals surface area contributed by atoms with Crippen molar-refractivity contribution in [3.05, 3.63) is 17.7 Å². The molecule has 1 aromatic heterocycles. The van der Waals surface area contributed by atoms with E-state index < -0.39 is 6.10 Å². The number of aliphatic hydroxyl groups excluding tert-OH is 1. The highest BCUT2D eigenvalue weighted by atomic mass is 16.5. The monoisotopic (exact) mass is 348 g/mol. The molecule has 1 amide bonds. The molecule has 0 bridgehead atoms. The molecule has 1 spiro atoms. The normalized spacial score (nSPS) is 35.0. The summed E-state index contributed by atoms with van der Waals surface area (Å²) in [5.41, 5.74) is 0.697. The second kappa shape index (κ2) is 6.07. The molecule has 4 rings (SSSR count). The van der Waals surface area contributed by atoms with E-state index in [0.29, 0.717) is 37.4 Å². The van der Waals surface area contributed by atoms with Crippen molar-refractivity contribution < 1.29 is 14.6 Å². The van der Waals surface area contributed by atoms with Crippen molar-refractivity contribution in [2.45, 2.75) is 58.0 Å². The molecule has 138 valence electrons. The topological polar surface area (TPSA) is 79.6 Å². The number of rotatable bonds is 3. The fourth-order valence-corrected chi connectivity index (χ4v) is 5.52. The van der Waals surface area contributed by atoms with Crippen LogP contribution in [0.2, 0.25) is 0 Å². The van der Waals surface area contributed by atoms with Gasteiger partial charge in [-0.3, -0.25) is 4.79 Å². The van der Waals surface area contributed by atoms with Crippen LogP contribution < -0.4 is 5.32 Å². The third kappa shape index (κ3) is 2.69. The lowest BCUT2D eigenvalue weighted by Crippen LogP contribution is -2.64. The van der Waals surface area contributed by atoms with E-state index in [9.17, 15) is 9.90 Å². The average Bonchev–Trinajstić information content (AvgIpc) is 3.09. The highest BCUT2D eigenvalue weighted by Gasteiger charge is 2.58. The predicted molar refractivity (Wildman–Crippen MR) is 92.1 cm³/mol. The molecule has 3 heterocycles. The minimum atomic E-state index is -0.481. The molecule has 7 heteroatoms. The molecule has 25 heavy (non-hydrogen) atoms. The van der Waals surface area contributed by atoms with Crippen LogP contribution in [0.1, 0.15) is 43.0 Å². The fourth-order valence-electron chi connectivity index (χ4n) is 5.52. The molecular weight excluding hydrogens is 320 g/mol. The van der Waals surface area contributed by atoms with E-state index in [2.05, 4.69) is 36.1 Å². The number of hydrogen-bond acceptors (Lipinski definition) is 5. The number of imidazole rings is 1. The van der Waals surface area contributed by atoms with Crippen LogP contribution >= 0.6 is 0 Å². The third-order valence-corrected chi connectivity index (χ3v) is 6.18. The van der Waals surface area contributed by atoms with Gasteiger partial charge in [0.25, 0.3) is 5.91 Å². The predicted octanol–water partition coefficient (Wildman–Crippen LogP) is 0.623. The number of likely N-dealkylation sites (tertiary alicyclic amines) is 1. The van der Waals surface area contributed by atoms with Gasteiger partial charge in [0.15, 0.2) is 0 Å². The number of nitrogens with zero attached hydrogens (tertiary/aromatic N) is 3. The molecule has 1 aliphatic carbocycles. The van der Waals surface area contributed by atoms with Crippen LogP contribution in [0.25, 0.3) is 0 Å². The number of aromatic nitrogens is 2. The van der Waals surface area contributed by atoms with Crippen molar-refractivity contribution in [1.29, 1.82) is 0 Å². The minimum absolute atomic E-state index is 0.130. The van der Waals surface area contributed by atoms with E-state index in [-0.39, 0.29) is 17.4 Å². The Kier molecular flexibility index (Phi) is 4.13. The van der Waals surface area contributed by atoms with E-state index in [1.54, 1.807) is 6.20 Å². The summed E-state index contributed by atoms with van der Waals surface area (Å²) in [6.45, 7) is 7.17. The Bertz CT molecular complexity index is 669. The first kappa shape index (κ1) is 17.0. The van der Waals surface area contributed by atoms with Crippen molar-refractivity contribution in [2.75, 3.05) is 20.2 Å². The molecule has 0 radical (unpaired) electrons. The van der Waals surface area contributed by atoms with Crippen molar-refractivity contribution in [3.63, 3.8) is 0 Å². The van der Waals surface area contributed by atoms with Crippen molar-refractivity contribution in [1.82, 2.24) is 19.8 Å². The number of aliphatic hydroxyl groups is 1. The molecule has 7 nitrogen and oxygen atoms in total. The molecule has 1 saturated heterocycles. The molecule has 2 fully saturated rings. The first-order chi connectivity index (χ1) is 11.9. The van der Waals surface area contributed by atoms with E-state index in [4.69, 9.17) is 4.74 Å². The maximum Gasteiger partial charge on any atom is 0.269 e.